The van der Waals surface area contributed by atoms with E-state index in [4.69, 9.17) is 5.73 Å². The molecule has 1 unspecified atom stereocenters. The van der Waals surface area contributed by atoms with Crippen molar-refractivity contribution in [3.05, 3.63) is 35.9 Å². The van der Waals surface area contributed by atoms with E-state index in [1.807, 2.05) is 37.3 Å². The molecule has 0 saturated heterocycles. The van der Waals surface area contributed by atoms with Crippen LogP contribution >= 0.6 is 0 Å². The molecule has 3 N–H and O–H groups in total. The Balaban J connectivity index is 2.48. The van der Waals surface area contributed by atoms with Crippen molar-refractivity contribution in [2.24, 2.45) is 11.7 Å². The van der Waals surface area contributed by atoms with E-state index in [2.05, 4.69) is 19.2 Å². The summed E-state index contributed by atoms with van der Waals surface area (Å²) in [5.74, 6) is 0.345. The largest absolute Gasteiger partial charge is 0.352 e. The maximum absolute atomic E-state index is 11.8. The van der Waals surface area contributed by atoms with Gasteiger partial charge in [-0.2, -0.15) is 0 Å². The van der Waals surface area contributed by atoms with Crippen molar-refractivity contribution in [3.8, 4) is 0 Å². The SMILES string of the molecule is CC(C)C(C)NC(=O)[C@@H](N)Cc1ccccc1. The number of carbonyl (C=O) groups is 1. The average Bonchev–Trinajstić information content (AvgIpc) is 2.29. The van der Waals surface area contributed by atoms with Gasteiger partial charge in [-0.1, -0.05) is 44.2 Å². The highest BCUT2D eigenvalue weighted by Crippen LogP contribution is 2.04. The summed E-state index contributed by atoms with van der Waals surface area (Å²) in [4.78, 5) is 11.8. The highest BCUT2D eigenvalue weighted by Gasteiger charge is 2.17. The molecule has 1 rings (SSSR count). The Kier molecular flexibility index (Phi) is 5.16. The second-order valence-corrected chi connectivity index (χ2v) is 4.84. The fourth-order valence-electron chi connectivity index (χ4n) is 1.46. The van der Waals surface area contributed by atoms with Gasteiger partial charge in [0, 0.05) is 6.04 Å². The number of hydrogen-bond acceptors (Lipinski definition) is 2. The van der Waals surface area contributed by atoms with Gasteiger partial charge < -0.3 is 11.1 Å². The van der Waals surface area contributed by atoms with Crippen LogP contribution in [0.1, 0.15) is 26.3 Å². The summed E-state index contributed by atoms with van der Waals surface area (Å²) in [7, 11) is 0. The number of nitrogens with one attached hydrogen (secondary N) is 1. The minimum Gasteiger partial charge on any atom is -0.352 e. The van der Waals surface area contributed by atoms with E-state index in [-0.39, 0.29) is 11.9 Å². The van der Waals surface area contributed by atoms with Gasteiger partial charge in [0.05, 0.1) is 6.04 Å². The molecule has 0 aliphatic carbocycles. The van der Waals surface area contributed by atoms with Gasteiger partial charge in [0.1, 0.15) is 0 Å². The molecular formula is C14H22N2O. The molecule has 3 nitrogen and oxygen atoms in total. The third-order valence-electron chi connectivity index (χ3n) is 3.01. The Labute approximate surface area is 103 Å². The minimum absolute atomic E-state index is 0.0740. The molecule has 0 aliphatic rings. The number of hydrogen-bond donors (Lipinski definition) is 2. The van der Waals surface area contributed by atoms with Crippen molar-refractivity contribution < 1.29 is 4.79 Å². The van der Waals surface area contributed by atoms with Crippen molar-refractivity contribution >= 4 is 5.91 Å². The summed E-state index contributed by atoms with van der Waals surface area (Å²) >= 11 is 0. The van der Waals surface area contributed by atoms with Crippen LogP contribution in [0.15, 0.2) is 30.3 Å². The molecule has 0 radical (unpaired) electrons. The second kappa shape index (κ2) is 6.40. The maximum Gasteiger partial charge on any atom is 0.237 e. The quantitative estimate of drug-likeness (QED) is 0.815. The van der Waals surface area contributed by atoms with Gasteiger partial charge in [0.15, 0.2) is 0 Å². The standard InChI is InChI=1S/C14H22N2O/c1-10(2)11(3)16-14(17)13(15)9-12-7-5-4-6-8-12/h4-8,10-11,13H,9,15H2,1-3H3,(H,16,17)/t11?,13-/m0/s1. The average molecular weight is 234 g/mol. The third kappa shape index (κ3) is 4.57. The number of amides is 1. The number of nitrogens with two attached hydrogens (primary N) is 1. The first-order valence-corrected chi connectivity index (χ1v) is 6.10. The molecule has 1 amide bonds. The van der Waals surface area contributed by atoms with Crippen molar-refractivity contribution in [1.29, 1.82) is 0 Å². The highest BCUT2D eigenvalue weighted by atomic mass is 16.2. The van der Waals surface area contributed by atoms with Crippen LogP contribution < -0.4 is 11.1 Å². The monoisotopic (exact) mass is 234 g/mol. The molecule has 94 valence electrons. The first-order valence-electron chi connectivity index (χ1n) is 6.10. The Bertz CT molecular complexity index is 348. The van der Waals surface area contributed by atoms with E-state index in [1.54, 1.807) is 0 Å². The van der Waals surface area contributed by atoms with Crippen LogP contribution in [-0.4, -0.2) is 18.0 Å². The molecule has 17 heavy (non-hydrogen) atoms. The smallest absolute Gasteiger partial charge is 0.237 e. The van der Waals surface area contributed by atoms with Crippen LogP contribution in [-0.2, 0) is 11.2 Å². The van der Waals surface area contributed by atoms with Gasteiger partial charge in [0.2, 0.25) is 5.91 Å². The lowest BCUT2D eigenvalue weighted by molar-refractivity contribution is -0.123. The molecule has 0 saturated carbocycles. The summed E-state index contributed by atoms with van der Waals surface area (Å²) in [5.41, 5.74) is 6.98. The lowest BCUT2D eigenvalue weighted by Gasteiger charge is -2.20. The van der Waals surface area contributed by atoms with Gasteiger partial charge in [-0.05, 0) is 24.8 Å². The molecule has 1 aromatic rings. The first kappa shape index (κ1) is 13.7. The minimum atomic E-state index is -0.474. The zero-order valence-electron chi connectivity index (χ0n) is 10.8. The Morgan fingerprint density at radius 2 is 1.82 bits per heavy atom. The summed E-state index contributed by atoms with van der Waals surface area (Å²) in [6.45, 7) is 6.15. The molecule has 0 bridgehead atoms. The Hall–Kier alpha value is -1.35. The van der Waals surface area contributed by atoms with Gasteiger partial charge >= 0.3 is 0 Å². The highest BCUT2D eigenvalue weighted by molar-refractivity contribution is 5.82. The second-order valence-electron chi connectivity index (χ2n) is 4.84. The number of carbonyl (C=O) groups excluding carboxylic acids is 1. The van der Waals surface area contributed by atoms with Crippen molar-refractivity contribution in [3.63, 3.8) is 0 Å². The fourth-order valence-corrected chi connectivity index (χ4v) is 1.46. The predicted octanol–water partition coefficient (Wildman–Crippen LogP) is 1.72. The van der Waals surface area contributed by atoms with E-state index >= 15 is 0 Å². The van der Waals surface area contributed by atoms with Crippen molar-refractivity contribution in [2.45, 2.75) is 39.3 Å². The zero-order chi connectivity index (χ0) is 12.8. The van der Waals surface area contributed by atoms with Crippen LogP contribution in [0.25, 0.3) is 0 Å². The topological polar surface area (TPSA) is 55.1 Å². The lowest BCUT2D eigenvalue weighted by atomic mass is 10.0. The van der Waals surface area contributed by atoms with Gasteiger partial charge in [-0.15, -0.1) is 0 Å². The summed E-state index contributed by atoms with van der Waals surface area (Å²) < 4.78 is 0. The predicted molar refractivity (Wildman–Crippen MR) is 70.6 cm³/mol. The number of benzene rings is 1. The van der Waals surface area contributed by atoms with Crippen LogP contribution in [0.5, 0.6) is 0 Å². The van der Waals surface area contributed by atoms with Crippen LogP contribution in [0, 0.1) is 5.92 Å². The molecule has 0 fully saturated rings. The molecular weight excluding hydrogens is 212 g/mol. The van der Waals surface area contributed by atoms with Crippen LogP contribution in [0.4, 0.5) is 0 Å². The molecule has 3 heteroatoms. The van der Waals surface area contributed by atoms with Gasteiger partial charge in [-0.3, -0.25) is 4.79 Å². The molecule has 0 spiro atoms. The molecule has 0 aromatic heterocycles. The zero-order valence-corrected chi connectivity index (χ0v) is 10.8. The van der Waals surface area contributed by atoms with Gasteiger partial charge in [-0.25, -0.2) is 0 Å². The molecule has 0 aliphatic heterocycles. The third-order valence-corrected chi connectivity index (χ3v) is 3.01. The lowest BCUT2D eigenvalue weighted by Crippen LogP contribution is -2.47. The first-order chi connectivity index (χ1) is 8.00. The molecule has 1 aromatic carbocycles. The van der Waals surface area contributed by atoms with E-state index in [0.29, 0.717) is 12.3 Å². The number of rotatable bonds is 5. The summed E-state index contributed by atoms with van der Waals surface area (Å²) in [6.07, 6.45) is 0.581. The summed E-state index contributed by atoms with van der Waals surface area (Å²) in [5, 5.41) is 2.94. The Morgan fingerprint density at radius 1 is 1.24 bits per heavy atom. The van der Waals surface area contributed by atoms with Crippen LogP contribution in [0.2, 0.25) is 0 Å². The van der Waals surface area contributed by atoms with E-state index < -0.39 is 6.04 Å². The van der Waals surface area contributed by atoms with Crippen molar-refractivity contribution in [1.82, 2.24) is 5.32 Å². The molecule has 0 heterocycles. The normalized spacial score (nSPS) is 14.4. The van der Waals surface area contributed by atoms with Crippen molar-refractivity contribution in [2.75, 3.05) is 0 Å². The molecule has 2 atom stereocenters. The maximum atomic E-state index is 11.8. The van der Waals surface area contributed by atoms with Gasteiger partial charge in [0.25, 0.3) is 0 Å². The fraction of sp³-hybridized carbons (Fsp3) is 0.500. The summed E-state index contributed by atoms with van der Waals surface area (Å²) in [6, 6.07) is 9.52. The van der Waals surface area contributed by atoms with Crippen LogP contribution in [0.3, 0.4) is 0 Å². The van der Waals surface area contributed by atoms with E-state index in [9.17, 15) is 4.79 Å². The Morgan fingerprint density at radius 3 is 2.35 bits per heavy atom. The van der Waals surface area contributed by atoms with E-state index in [0.717, 1.165) is 5.56 Å². The van der Waals surface area contributed by atoms with E-state index in [1.165, 1.54) is 0 Å².